The summed E-state index contributed by atoms with van der Waals surface area (Å²) in [5.41, 5.74) is -0.178. The summed E-state index contributed by atoms with van der Waals surface area (Å²) >= 11 is 0. The molecule has 1 N–H and O–H groups in total. The molecule has 4 bridgehead atoms. The number of aliphatic hydroxyl groups is 1. The van der Waals surface area contributed by atoms with Crippen LogP contribution in [0.5, 0.6) is 0 Å². The van der Waals surface area contributed by atoms with Gasteiger partial charge in [-0.2, -0.15) is 0 Å². The Kier molecular flexibility index (Phi) is 1.38. The Morgan fingerprint density at radius 1 is 0.786 bits per heavy atom. The summed E-state index contributed by atoms with van der Waals surface area (Å²) in [5.74, 6) is 4.65. The Labute approximate surface area is 85.9 Å². The lowest BCUT2D eigenvalue weighted by Gasteiger charge is -2.56. The van der Waals surface area contributed by atoms with Gasteiger partial charge in [0.05, 0.1) is 5.60 Å². The maximum absolute atomic E-state index is 10.4. The summed E-state index contributed by atoms with van der Waals surface area (Å²) in [5, 5.41) is 10.4. The minimum atomic E-state index is -0.178. The summed E-state index contributed by atoms with van der Waals surface area (Å²) in [7, 11) is 0. The van der Waals surface area contributed by atoms with E-state index in [0.29, 0.717) is 0 Å². The zero-order chi connectivity index (χ0) is 9.34. The summed E-state index contributed by atoms with van der Waals surface area (Å²) in [4.78, 5) is 0. The topological polar surface area (TPSA) is 20.2 Å². The first-order valence-electron chi connectivity index (χ1n) is 6.47. The normalized spacial score (nSPS) is 57.6. The van der Waals surface area contributed by atoms with Crippen molar-refractivity contribution in [3.63, 3.8) is 0 Å². The van der Waals surface area contributed by atoms with Gasteiger partial charge in [0, 0.05) is 0 Å². The van der Waals surface area contributed by atoms with Crippen LogP contribution in [0, 0.1) is 29.6 Å². The lowest BCUT2D eigenvalue weighted by atomic mass is 9.50. The van der Waals surface area contributed by atoms with E-state index in [1.54, 1.807) is 0 Å². The highest BCUT2D eigenvalue weighted by Crippen LogP contribution is 2.63. The first-order valence-corrected chi connectivity index (χ1v) is 6.47. The second kappa shape index (κ2) is 2.37. The van der Waals surface area contributed by atoms with E-state index >= 15 is 0 Å². The Morgan fingerprint density at radius 2 is 1.29 bits per heavy atom. The van der Waals surface area contributed by atoms with E-state index in [4.69, 9.17) is 0 Å². The van der Waals surface area contributed by atoms with Crippen LogP contribution < -0.4 is 0 Å². The molecule has 0 heterocycles. The molecule has 0 aromatic heterocycles. The summed E-state index contributed by atoms with van der Waals surface area (Å²) in [6, 6.07) is 0. The van der Waals surface area contributed by atoms with Gasteiger partial charge in [-0.15, -0.1) is 0 Å². The highest BCUT2D eigenvalue weighted by atomic mass is 16.3. The van der Waals surface area contributed by atoms with Gasteiger partial charge >= 0.3 is 0 Å². The monoisotopic (exact) mass is 192 g/mol. The molecule has 0 aromatic rings. The number of rotatable bonds is 1. The SMILES string of the molecule is OC1(C2C3CC4CC(C3)CC2C4)CC1. The molecule has 5 saturated carbocycles. The predicted octanol–water partition coefficient (Wildman–Crippen LogP) is 2.58. The zero-order valence-electron chi connectivity index (χ0n) is 8.78. The van der Waals surface area contributed by atoms with Crippen molar-refractivity contribution in [3.05, 3.63) is 0 Å². The Balaban J connectivity index is 1.68. The van der Waals surface area contributed by atoms with Crippen molar-refractivity contribution < 1.29 is 5.11 Å². The van der Waals surface area contributed by atoms with E-state index in [0.717, 1.165) is 42.4 Å². The van der Waals surface area contributed by atoms with Crippen molar-refractivity contribution in [2.45, 2.75) is 50.5 Å². The van der Waals surface area contributed by atoms with Crippen LogP contribution in [-0.2, 0) is 0 Å². The van der Waals surface area contributed by atoms with E-state index in [1.165, 1.54) is 32.1 Å². The van der Waals surface area contributed by atoms with Gasteiger partial charge < -0.3 is 5.11 Å². The molecular weight excluding hydrogens is 172 g/mol. The molecule has 5 rings (SSSR count). The van der Waals surface area contributed by atoms with Gasteiger partial charge in [0.15, 0.2) is 0 Å². The van der Waals surface area contributed by atoms with E-state index in [2.05, 4.69) is 0 Å². The molecule has 0 aromatic carbocycles. The van der Waals surface area contributed by atoms with Gasteiger partial charge in [-0.25, -0.2) is 0 Å². The molecule has 0 atom stereocenters. The van der Waals surface area contributed by atoms with Gasteiger partial charge in [-0.05, 0) is 74.5 Å². The molecule has 1 nitrogen and oxygen atoms in total. The molecule has 14 heavy (non-hydrogen) atoms. The van der Waals surface area contributed by atoms with Crippen LogP contribution >= 0.6 is 0 Å². The van der Waals surface area contributed by atoms with Crippen molar-refractivity contribution in [2.24, 2.45) is 29.6 Å². The minimum Gasteiger partial charge on any atom is -0.390 e. The van der Waals surface area contributed by atoms with Crippen LogP contribution in [0.25, 0.3) is 0 Å². The molecule has 0 aliphatic heterocycles. The fourth-order valence-corrected chi connectivity index (χ4v) is 5.26. The van der Waals surface area contributed by atoms with E-state index in [-0.39, 0.29) is 5.60 Å². The fourth-order valence-electron chi connectivity index (χ4n) is 5.26. The first-order chi connectivity index (χ1) is 6.74. The van der Waals surface area contributed by atoms with Gasteiger partial charge in [0.25, 0.3) is 0 Å². The van der Waals surface area contributed by atoms with Crippen molar-refractivity contribution in [1.82, 2.24) is 0 Å². The lowest BCUT2D eigenvalue weighted by Crippen LogP contribution is -2.50. The highest BCUT2D eigenvalue weighted by Gasteiger charge is 2.59. The molecule has 0 spiro atoms. The van der Waals surface area contributed by atoms with Crippen LogP contribution in [0.1, 0.15) is 44.9 Å². The van der Waals surface area contributed by atoms with E-state index in [9.17, 15) is 5.11 Å². The minimum absolute atomic E-state index is 0.178. The molecule has 0 radical (unpaired) electrons. The summed E-state index contributed by atoms with van der Waals surface area (Å²) in [6.45, 7) is 0. The molecular formula is C13H20O. The highest BCUT2D eigenvalue weighted by molar-refractivity contribution is 5.10. The third kappa shape index (κ3) is 0.946. The van der Waals surface area contributed by atoms with Crippen molar-refractivity contribution in [2.75, 3.05) is 0 Å². The second-order valence-electron chi connectivity index (χ2n) is 6.56. The number of hydrogen-bond acceptors (Lipinski definition) is 1. The Hall–Kier alpha value is -0.0400. The second-order valence-corrected chi connectivity index (χ2v) is 6.56. The molecule has 0 unspecified atom stereocenters. The maximum Gasteiger partial charge on any atom is 0.0683 e. The van der Waals surface area contributed by atoms with E-state index in [1.807, 2.05) is 0 Å². The van der Waals surface area contributed by atoms with Crippen molar-refractivity contribution >= 4 is 0 Å². The Morgan fingerprint density at radius 3 is 1.71 bits per heavy atom. The molecule has 0 saturated heterocycles. The molecule has 78 valence electrons. The van der Waals surface area contributed by atoms with Crippen LogP contribution in [0.15, 0.2) is 0 Å². The van der Waals surface area contributed by atoms with Gasteiger partial charge in [-0.1, -0.05) is 0 Å². The third-order valence-electron chi connectivity index (χ3n) is 5.61. The molecule has 5 aliphatic rings. The van der Waals surface area contributed by atoms with E-state index < -0.39 is 0 Å². The summed E-state index contributed by atoms with van der Waals surface area (Å²) < 4.78 is 0. The zero-order valence-corrected chi connectivity index (χ0v) is 8.78. The fraction of sp³-hybridized carbons (Fsp3) is 1.00. The van der Waals surface area contributed by atoms with Gasteiger partial charge in [0.2, 0.25) is 0 Å². The maximum atomic E-state index is 10.4. The smallest absolute Gasteiger partial charge is 0.0683 e. The molecule has 5 aliphatic carbocycles. The van der Waals surface area contributed by atoms with Crippen molar-refractivity contribution in [3.8, 4) is 0 Å². The van der Waals surface area contributed by atoms with Crippen LogP contribution in [0.3, 0.4) is 0 Å². The Bertz CT molecular complexity index is 238. The number of hydrogen-bond donors (Lipinski definition) is 1. The summed E-state index contributed by atoms with van der Waals surface area (Å²) in [6.07, 6.45) is 9.58. The standard InChI is InChI=1S/C13H20O/c14-13(1-2-13)12-10-4-8-3-9(6-10)7-11(12)5-8/h8-12,14H,1-7H2. The van der Waals surface area contributed by atoms with Gasteiger partial charge in [-0.3, -0.25) is 0 Å². The van der Waals surface area contributed by atoms with Crippen molar-refractivity contribution in [1.29, 1.82) is 0 Å². The predicted molar refractivity (Wildman–Crippen MR) is 54.7 cm³/mol. The van der Waals surface area contributed by atoms with Crippen LogP contribution in [-0.4, -0.2) is 10.7 Å². The average Bonchev–Trinajstić information content (AvgIpc) is 2.81. The molecule has 5 fully saturated rings. The largest absolute Gasteiger partial charge is 0.390 e. The molecule has 0 amide bonds. The van der Waals surface area contributed by atoms with Crippen LogP contribution in [0.2, 0.25) is 0 Å². The average molecular weight is 192 g/mol. The quantitative estimate of drug-likeness (QED) is 0.677. The van der Waals surface area contributed by atoms with Gasteiger partial charge in [0.1, 0.15) is 0 Å². The lowest BCUT2D eigenvalue weighted by molar-refractivity contribution is -0.100. The van der Waals surface area contributed by atoms with Crippen LogP contribution in [0.4, 0.5) is 0 Å². The molecule has 1 heteroatoms. The third-order valence-corrected chi connectivity index (χ3v) is 5.61. The first kappa shape index (κ1) is 8.15.